The maximum atomic E-state index is 12.4. The summed E-state index contributed by atoms with van der Waals surface area (Å²) in [5.41, 5.74) is 1.64. The normalized spacial score (nSPS) is 14.2. The number of nitrogens with zero attached hydrogens (tertiary/aromatic N) is 2. The Balaban J connectivity index is 1.81. The molecule has 0 aromatic heterocycles. The minimum atomic E-state index is -4.03. The molecule has 1 N–H and O–H groups in total. The molecule has 2 aromatic carbocycles. The molecule has 9 heteroatoms. The molecule has 0 spiro atoms. The highest BCUT2D eigenvalue weighted by atomic mass is 32.2. The summed E-state index contributed by atoms with van der Waals surface area (Å²) in [6.07, 6.45) is 0. The van der Waals surface area contributed by atoms with Crippen molar-refractivity contribution in [3.8, 4) is 5.75 Å². The first-order valence-electron chi connectivity index (χ1n) is 7.89. The van der Waals surface area contributed by atoms with Gasteiger partial charge in [0.15, 0.2) is 7.05 Å². The summed E-state index contributed by atoms with van der Waals surface area (Å²) >= 11 is 0. The van der Waals surface area contributed by atoms with Gasteiger partial charge < -0.3 is 9.50 Å². The summed E-state index contributed by atoms with van der Waals surface area (Å²) in [6, 6.07) is 10.1. The summed E-state index contributed by atoms with van der Waals surface area (Å²) in [5, 5.41) is 2.68. The summed E-state index contributed by atoms with van der Waals surface area (Å²) < 4.78 is 30.7. The van der Waals surface area contributed by atoms with Gasteiger partial charge in [0.25, 0.3) is 5.69 Å². The average molecular weight is 376 g/mol. The van der Waals surface area contributed by atoms with Crippen LogP contribution in [-0.2, 0) is 10.1 Å². The number of carbonyl (C=O) groups excluding carboxylic acids is 1. The number of rotatable bonds is 5. The van der Waals surface area contributed by atoms with Crippen LogP contribution in [0.2, 0.25) is 0 Å². The molecule has 1 aliphatic heterocycles. The van der Waals surface area contributed by atoms with Crippen LogP contribution in [0.15, 0.2) is 47.4 Å². The Hall–Kier alpha value is -2.94. The van der Waals surface area contributed by atoms with Gasteiger partial charge in [0.05, 0.1) is 0 Å². The molecule has 1 aliphatic rings. The SMILES string of the molecule is Cc1cc(OS(=O)(=O)c2ccc(N3CCNC3=O)cc2)ccc1[N+](C)=O. The van der Waals surface area contributed by atoms with E-state index in [9.17, 15) is 18.1 Å². The minimum absolute atomic E-state index is 0.0245. The fraction of sp³-hybridized carbons (Fsp3) is 0.235. The van der Waals surface area contributed by atoms with Crippen LogP contribution in [0.4, 0.5) is 16.2 Å². The third-order valence-electron chi connectivity index (χ3n) is 4.01. The molecule has 26 heavy (non-hydrogen) atoms. The van der Waals surface area contributed by atoms with Gasteiger partial charge in [0, 0.05) is 40.1 Å². The van der Waals surface area contributed by atoms with Gasteiger partial charge >= 0.3 is 16.1 Å². The number of urea groups is 1. The molecule has 2 amide bonds. The lowest BCUT2D eigenvalue weighted by Crippen LogP contribution is -2.27. The number of benzene rings is 2. The second-order valence-electron chi connectivity index (χ2n) is 5.86. The second-order valence-corrected chi connectivity index (χ2v) is 7.41. The fourth-order valence-electron chi connectivity index (χ4n) is 2.72. The molecule has 0 bridgehead atoms. The summed E-state index contributed by atoms with van der Waals surface area (Å²) in [5.74, 6) is 0.121. The maximum Gasteiger partial charge on any atom is 0.339 e. The quantitative estimate of drug-likeness (QED) is 0.638. The standard InChI is InChI=1S/C17H17N3O5S/c1-12-11-14(5-8-16(12)19(2)22)25-26(23,24)15-6-3-13(4-7-15)20-10-9-18-17(20)21/h3-8,11H,9-10H2,1-2H3/p+1. The van der Waals surface area contributed by atoms with Crippen LogP contribution in [0, 0.1) is 11.8 Å². The third-order valence-corrected chi connectivity index (χ3v) is 5.27. The van der Waals surface area contributed by atoms with E-state index < -0.39 is 10.1 Å². The third kappa shape index (κ3) is 3.52. The van der Waals surface area contributed by atoms with E-state index in [2.05, 4.69) is 5.32 Å². The van der Waals surface area contributed by atoms with Crippen molar-refractivity contribution in [2.45, 2.75) is 11.8 Å². The van der Waals surface area contributed by atoms with Crippen LogP contribution in [0.5, 0.6) is 5.75 Å². The maximum absolute atomic E-state index is 12.4. The number of anilines is 1. The average Bonchev–Trinajstić information content (AvgIpc) is 3.00. The number of nitroso groups, excluding NO2 is 1. The fourth-order valence-corrected chi connectivity index (χ4v) is 3.64. The predicted octanol–water partition coefficient (Wildman–Crippen LogP) is 2.33. The Morgan fingerprint density at radius 3 is 2.38 bits per heavy atom. The smallest absolute Gasteiger partial charge is 0.339 e. The van der Waals surface area contributed by atoms with Gasteiger partial charge in [-0.15, -0.1) is 0 Å². The van der Waals surface area contributed by atoms with Crippen molar-refractivity contribution < 1.29 is 22.2 Å². The van der Waals surface area contributed by atoms with Gasteiger partial charge in [-0.05, 0) is 43.3 Å². The molecule has 1 fully saturated rings. The van der Waals surface area contributed by atoms with Gasteiger partial charge in [0.1, 0.15) is 10.6 Å². The lowest BCUT2D eigenvalue weighted by atomic mass is 10.2. The number of aryl methyl sites for hydroxylation is 1. The van der Waals surface area contributed by atoms with Gasteiger partial charge in [-0.1, -0.05) is 0 Å². The van der Waals surface area contributed by atoms with Crippen molar-refractivity contribution >= 4 is 27.5 Å². The number of carbonyl (C=O) groups is 1. The van der Waals surface area contributed by atoms with E-state index in [-0.39, 0.29) is 16.7 Å². The van der Waals surface area contributed by atoms with Crippen LogP contribution in [0.3, 0.4) is 0 Å². The molecule has 1 saturated heterocycles. The predicted molar refractivity (Wildman–Crippen MR) is 95.4 cm³/mol. The van der Waals surface area contributed by atoms with Crippen LogP contribution in [-0.4, -0.2) is 39.3 Å². The topological polar surface area (TPSA) is 95.8 Å². The van der Waals surface area contributed by atoms with Crippen LogP contribution < -0.4 is 14.4 Å². The zero-order chi connectivity index (χ0) is 18.9. The van der Waals surface area contributed by atoms with E-state index in [1.54, 1.807) is 19.1 Å². The van der Waals surface area contributed by atoms with Gasteiger partial charge in [-0.2, -0.15) is 8.42 Å². The van der Waals surface area contributed by atoms with E-state index >= 15 is 0 Å². The highest BCUT2D eigenvalue weighted by Gasteiger charge is 2.23. The molecule has 3 rings (SSSR count). The van der Waals surface area contributed by atoms with Crippen LogP contribution >= 0.6 is 0 Å². The summed E-state index contributed by atoms with van der Waals surface area (Å²) in [6.45, 7) is 2.77. The van der Waals surface area contributed by atoms with Crippen molar-refractivity contribution in [1.82, 2.24) is 5.32 Å². The molecule has 2 aromatic rings. The van der Waals surface area contributed by atoms with E-state index in [1.807, 2.05) is 0 Å². The number of amides is 2. The first-order chi connectivity index (χ1) is 12.3. The second kappa shape index (κ2) is 6.75. The Labute approximate surface area is 151 Å². The summed E-state index contributed by atoms with van der Waals surface area (Å²) in [4.78, 5) is 24.5. The molecule has 136 valence electrons. The van der Waals surface area contributed by atoms with E-state index in [0.717, 1.165) is 0 Å². The van der Waals surface area contributed by atoms with Crippen molar-refractivity contribution in [2.75, 3.05) is 25.0 Å². The molecule has 1 heterocycles. The monoisotopic (exact) mass is 376 g/mol. The van der Waals surface area contributed by atoms with Crippen LogP contribution in [0.25, 0.3) is 0 Å². The van der Waals surface area contributed by atoms with Gasteiger partial charge in [0.2, 0.25) is 0 Å². The largest absolute Gasteiger partial charge is 0.379 e. The first kappa shape index (κ1) is 17.9. The number of hydrogen-bond acceptors (Lipinski definition) is 5. The molecule has 0 radical (unpaired) electrons. The van der Waals surface area contributed by atoms with Crippen molar-refractivity contribution in [1.29, 1.82) is 0 Å². The van der Waals surface area contributed by atoms with Crippen molar-refractivity contribution in [3.05, 3.63) is 52.9 Å². The Kier molecular flexibility index (Phi) is 4.64. The van der Waals surface area contributed by atoms with Crippen LogP contribution in [0.1, 0.15) is 5.56 Å². The first-order valence-corrected chi connectivity index (χ1v) is 9.30. The van der Waals surface area contributed by atoms with Gasteiger partial charge in [-0.3, -0.25) is 4.90 Å². The van der Waals surface area contributed by atoms with E-state index in [4.69, 9.17) is 4.18 Å². The molecule has 0 aliphatic carbocycles. The molecular formula is C17H18N3O5S+. The number of nitrogens with one attached hydrogen (secondary N) is 1. The summed E-state index contributed by atoms with van der Waals surface area (Å²) in [7, 11) is -2.66. The Morgan fingerprint density at radius 2 is 1.85 bits per heavy atom. The highest BCUT2D eigenvalue weighted by Crippen LogP contribution is 2.26. The zero-order valence-electron chi connectivity index (χ0n) is 14.3. The minimum Gasteiger partial charge on any atom is -0.379 e. The lowest BCUT2D eigenvalue weighted by Gasteiger charge is -2.14. The van der Waals surface area contributed by atoms with E-state index in [0.29, 0.717) is 34.8 Å². The molecule has 0 saturated carbocycles. The van der Waals surface area contributed by atoms with Crippen molar-refractivity contribution in [2.24, 2.45) is 0 Å². The zero-order valence-corrected chi connectivity index (χ0v) is 15.1. The molecule has 8 nitrogen and oxygen atoms in total. The van der Waals surface area contributed by atoms with E-state index in [1.165, 1.54) is 42.3 Å². The Bertz CT molecular complexity index is 970. The van der Waals surface area contributed by atoms with Gasteiger partial charge in [-0.25, -0.2) is 4.79 Å². The highest BCUT2D eigenvalue weighted by molar-refractivity contribution is 7.87. The Morgan fingerprint density at radius 1 is 1.15 bits per heavy atom. The number of hydrogen-bond donors (Lipinski definition) is 1. The van der Waals surface area contributed by atoms with Crippen molar-refractivity contribution in [3.63, 3.8) is 0 Å². The molecular weight excluding hydrogens is 358 g/mol. The molecule has 0 unspecified atom stereocenters. The lowest BCUT2D eigenvalue weighted by molar-refractivity contribution is -0.428. The molecule has 0 atom stereocenters.